The number of aromatic hydroxyl groups is 1. The molecular weight excluding hydrogens is 409 g/mol. The molecule has 0 aliphatic heterocycles. The van der Waals surface area contributed by atoms with Crippen molar-refractivity contribution in [1.29, 1.82) is 0 Å². The Labute approximate surface area is 168 Å². The number of carbonyl (C=O) groups is 2. The molecule has 0 aliphatic rings. The van der Waals surface area contributed by atoms with Gasteiger partial charge in [0.05, 0.1) is 24.8 Å². The van der Waals surface area contributed by atoms with Crippen LogP contribution in [0.1, 0.15) is 32.8 Å². The van der Waals surface area contributed by atoms with E-state index in [2.05, 4.69) is 10.1 Å². The quantitative estimate of drug-likeness (QED) is 0.517. The van der Waals surface area contributed by atoms with Crippen LogP contribution < -0.4 is 15.6 Å². The first-order chi connectivity index (χ1) is 14.1. The molecule has 0 fully saturated rings. The molecule has 30 heavy (non-hydrogen) atoms. The number of hydrogen-bond donors (Lipinski definition) is 2. The van der Waals surface area contributed by atoms with E-state index >= 15 is 0 Å². The number of benzene rings is 1. The predicted molar refractivity (Wildman–Crippen MR) is 98.6 cm³/mol. The lowest BCUT2D eigenvalue weighted by Crippen LogP contribution is -2.31. The Morgan fingerprint density at radius 3 is 2.40 bits per heavy atom. The number of alkyl halides is 3. The Morgan fingerprint density at radius 2 is 1.83 bits per heavy atom. The first-order valence-corrected chi connectivity index (χ1v) is 8.65. The summed E-state index contributed by atoms with van der Waals surface area (Å²) >= 11 is 0. The van der Waals surface area contributed by atoms with Crippen LogP contribution >= 0.6 is 0 Å². The number of rotatable bonds is 7. The van der Waals surface area contributed by atoms with Gasteiger partial charge in [0, 0.05) is 13.6 Å². The summed E-state index contributed by atoms with van der Waals surface area (Å²) in [7, 11) is 2.11. The lowest BCUT2D eigenvalue weighted by Gasteiger charge is -2.14. The van der Waals surface area contributed by atoms with Crippen molar-refractivity contribution < 1.29 is 37.3 Å². The van der Waals surface area contributed by atoms with Gasteiger partial charge < -0.3 is 24.5 Å². The summed E-state index contributed by atoms with van der Waals surface area (Å²) in [5.74, 6) is -2.10. The van der Waals surface area contributed by atoms with Crippen LogP contribution in [0.4, 0.5) is 13.2 Å². The molecule has 0 bridgehead atoms. The normalized spacial score (nSPS) is 11.1. The number of methoxy groups -OCH3 is 1. The zero-order valence-corrected chi connectivity index (χ0v) is 16.1. The van der Waals surface area contributed by atoms with Crippen molar-refractivity contribution in [1.82, 2.24) is 9.88 Å². The van der Waals surface area contributed by atoms with Gasteiger partial charge in [0.15, 0.2) is 5.75 Å². The van der Waals surface area contributed by atoms with E-state index in [0.717, 1.165) is 7.05 Å². The molecule has 2 aromatic rings. The highest BCUT2D eigenvalue weighted by molar-refractivity contribution is 5.96. The van der Waals surface area contributed by atoms with Crippen LogP contribution in [-0.4, -0.2) is 41.8 Å². The molecule has 0 spiro atoms. The van der Waals surface area contributed by atoms with E-state index in [-0.39, 0.29) is 17.7 Å². The molecular formula is C19H19F3N2O6. The Balaban J connectivity index is 1.92. The largest absolute Gasteiger partial charge is 0.502 e. The van der Waals surface area contributed by atoms with Gasteiger partial charge in [-0.1, -0.05) is 0 Å². The van der Waals surface area contributed by atoms with Crippen LogP contribution in [0.2, 0.25) is 0 Å². The average Bonchev–Trinajstić information content (AvgIpc) is 2.70. The van der Waals surface area contributed by atoms with Crippen molar-refractivity contribution in [3.8, 4) is 11.5 Å². The molecule has 1 aromatic carbocycles. The molecule has 8 nitrogen and oxygen atoms in total. The lowest BCUT2D eigenvalue weighted by atomic mass is 10.1. The molecule has 2 rings (SSSR count). The second-order valence-corrected chi connectivity index (χ2v) is 6.13. The highest BCUT2D eigenvalue weighted by Gasteiger charge is 2.36. The van der Waals surface area contributed by atoms with E-state index in [1.165, 1.54) is 19.2 Å². The maximum atomic E-state index is 13.0. The summed E-state index contributed by atoms with van der Waals surface area (Å²) in [4.78, 5) is 35.2. The minimum absolute atomic E-state index is 0.0229. The molecule has 1 heterocycles. The van der Waals surface area contributed by atoms with Crippen LogP contribution in [0.3, 0.4) is 0 Å². The van der Waals surface area contributed by atoms with Crippen LogP contribution in [-0.2, 0) is 18.0 Å². The van der Waals surface area contributed by atoms with Crippen LogP contribution in [0, 0.1) is 0 Å². The molecule has 0 saturated heterocycles. The third-order valence-corrected chi connectivity index (χ3v) is 4.09. The van der Waals surface area contributed by atoms with Gasteiger partial charge in [0.25, 0.3) is 11.5 Å². The van der Waals surface area contributed by atoms with E-state index in [4.69, 9.17) is 4.74 Å². The van der Waals surface area contributed by atoms with Crippen molar-refractivity contribution in [3.63, 3.8) is 0 Å². The van der Waals surface area contributed by atoms with E-state index in [0.29, 0.717) is 23.8 Å². The van der Waals surface area contributed by atoms with Gasteiger partial charge in [-0.15, -0.1) is 0 Å². The van der Waals surface area contributed by atoms with E-state index in [1.807, 2.05) is 0 Å². The maximum absolute atomic E-state index is 13.0. The summed E-state index contributed by atoms with van der Waals surface area (Å²) in [5.41, 5.74) is -3.09. The number of amides is 1. The van der Waals surface area contributed by atoms with Gasteiger partial charge in [-0.25, -0.2) is 4.79 Å². The number of nitrogens with zero attached hydrogens (tertiary/aromatic N) is 1. The van der Waals surface area contributed by atoms with E-state index < -0.39 is 40.6 Å². The third-order valence-electron chi connectivity index (χ3n) is 4.09. The average molecular weight is 428 g/mol. The van der Waals surface area contributed by atoms with Gasteiger partial charge in [-0.3, -0.25) is 9.59 Å². The summed E-state index contributed by atoms with van der Waals surface area (Å²) in [5, 5.41) is 12.1. The van der Waals surface area contributed by atoms with E-state index in [1.54, 1.807) is 12.1 Å². The second kappa shape index (κ2) is 9.33. The number of halogens is 3. The molecule has 2 N–H and O–H groups in total. The first kappa shape index (κ1) is 22.8. The van der Waals surface area contributed by atoms with Gasteiger partial charge in [-0.05, 0) is 36.8 Å². The highest BCUT2D eigenvalue weighted by atomic mass is 19.4. The maximum Gasteiger partial charge on any atom is 0.431 e. The van der Waals surface area contributed by atoms with Gasteiger partial charge in [0.2, 0.25) is 0 Å². The zero-order valence-electron chi connectivity index (χ0n) is 16.1. The smallest absolute Gasteiger partial charge is 0.431 e. The predicted octanol–water partition coefficient (Wildman–Crippen LogP) is 2.10. The Bertz CT molecular complexity index is 983. The number of carbonyl (C=O) groups excluding carboxylic acids is 2. The summed E-state index contributed by atoms with van der Waals surface area (Å²) in [6.45, 7) is 0.184. The summed E-state index contributed by atoms with van der Waals surface area (Å²) < 4.78 is 49.2. The fourth-order valence-electron chi connectivity index (χ4n) is 2.49. The highest BCUT2D eigenvalue weighted by Crippen LogP contribution is 2.30. The zero-order chi connectivity index (χ0) is 22.5. The van der Waals surface area contributed by atoms with Crippen molar-refractivity contribution in [2.24, 2.45) is 7.05 Å². The first-order valence-electron chi connectivity index (χ1n) is 8.65. The van der Waals surface area contributed by atoms with Gasteiger partial charge in [-0.2, -0.15) is 13.2 Å². The molecule has 0 radical (unpaired) electrons. The Kier molecular flexibility index (Phi) is 7.09. The molecule has 0 unspecified atom stereocenters. The minimum atomic E-state index is -4.87. The minimum Gasteiger partial charge on any atom is -0.502 e. The van der Waals surface area contributed by atoms with Crippen LogP contribution in [0.15, 0.2) is 35.1 Å². The van der Waals surface area contributed by atoms with Crippen molar-refractivity contribution in [3.05, 3.63) is 57.5 Å². The number of esters is 1. The fourth-order valence-corrected chi connectivity index (χ4v) is 2.49. The van der Waals surface area contributed by atoms with Crippen molar-refractivity contribution >= 4 is 11.9 Å². The van der Waals surface area contributed by atoms with Gasteiger partial charge >= 0.3 is 12.1 Å². The number of aromatic nitrogens is 1. The molecule has 0 saturated carbocycles. The lowest BCUT2D eigenvalue weighted by molar-refractivity contribution is -0.143. The van der Waals surface area contributed by atoms with Gasteiger partial charge in [0.1, 0.15) is 11.4 Å². The Hall–Kier alpha value is -3.50. The fraction of sp³-hybridized carbons (Fsp3) is 0.316. The topological polar surface area (TPSA) is 107 Å². The molecule has 162 valence electrons. The molecule has 11 heteroatoms. The summed E-state index contributed by atoms with van der Waals surface area (Å²) in [6, 6.07) is 6.56. The SMILES string of the molecule is COC(=O)c1ccc(OCCCNC(=O)c2cc(C(F)(F)F)n(C)c(=O)c2O)cc1. The van der Waals surface area contributed by atoms with Crippen molar-refractivity contribution in [2.45, 2.75) is 12.6 Å². The number of pyridine rings is 1. The molecule has 0 aliphatic carbocycles. The van der Waals surface area contributed by atoms with Crippen molar-refractivity contribution in [2.75, 3.05) is 20.3 Å². The Morgan fingerprint density at radius 1 is 1.20 bits per heavy atom. The third kappa shape index (κ3) is 5.31. The van der Waals surface area contributed by atoms with Crippen LogP contribution in [0.25, 0.3) is 0 Å². The standard InChI is InChI=1S/C19H19F3N2O6/c1-24-14(19(20,21)22)10-13(15(25)17(24)27)16(26)23-8-3-9-30-12-6-4-11(5-7-12)18(28)29-2/h4-7,10,25H,3,8-9H2,1-2H3,(H,23,26). The monoisotopic (exact) mass is 428 g/mol. The number of nitrogens with one attached hydrogen (secondary N) is 1. The van der Waals surface area contributed by atoms with E-state index in [9.17, 15) is 32.7 Å². The number of ether oxygens (including phenoxy) is 2. The van der Waals surface area contributed by atoms with Crippen LogP contribution in [0.5, 0.6) is 11.5 Å². The summed E-state index contributed by atoms with van der Waals surface area (Å²) in [6.07, 6.45) is -4.57. The molecule has 0 atom stereocenters. The number of hydrogen-bond acceptors (Lipinski definition) is 6. The second-order valence-electron chi connectivity index (χ2n) is 6.13. The molecule has 1 aromatic heterocycles. The molecule has 1 amide bonds.